The highest BCUT2D eigenvalue weighted by atomic mass is 79.9. The largest absolute Gasteiger partial charge is 0.496 e. The van der Waals surface area contributed by atoms with Crippen molar-refractivity contribution in [3.63, 3.8) is 0 Å². The van der Waals surface area contributed by atoms with Crippen LogP contribution < -0.4 is 4.74 Å². The van der Waals surface area contributed by atoms with Crippen LogP contribution in [0.3, 0.4) is 0 Å². The minimum atomic E-state index is -0.774. The molecule has 1 aromatic carbocycles. The average Bonchev–Trinajstić information content (AvgIpc) is 2.68. The fourth-order valence-corrected chi connectivity index (χ4v) is 2.40. The summed E-state index contributed by atoms with van der Waals surface area (Å²) in [5, 5.41) is 18.1. The first-order chi connectivity index (χ1) is 8.54. The van der Waals surface area contributed by atoms with E-state index in [4.69, 9.17) is 4.74 Å². The van der Waals surface area contributed by atoms with Gasteiger partial charge in [-0.25, -0.2) is 4.68 Å². The SMILES string of the molecule is COc1ccc(C(O)c2c(Br)nnn2C)cc1C. The first-order valence-electron chi connectivity index (χ1n) is 5.42. The Hall–Kier alpha value is -1.40. The zero-order chi connectivity index (χ0) is 13.3. The molecule has 0 saturated heterocycles. The van der Waals surface area contributed by atoms with Gasteiger partial charge in [-0.1, -0.05) is 11.3 Å². The predicted octanol–water partition coefficient (Wildman–Crippen LogP) is 1.98. The monoisotopic (exact) mass is 311 g/mol. The molecule has 0 amide bonds. The fraction of sp³-hybridized carbons (Fsp3) is 0.333. The molecule has 0 aliphatic carbocycles. The summed E-state index contributed by atoms with van der Waals surface area (Å²) in [6, 6.07) is 5.56. The van der Waals surface area contributed by atoms with Crippen LogP contribution in [-0.2, 0) is 7.05 Å². The molecule has 5 nitrogen and oxygen atoms in total. The molecule has 0 aliphatic heterocycles. The summed E-state index contributed by atoms with van der Waals surface area (Å²) < 4.78 is 7.29. The molecule has 1 atom stereocenters. The number of hydrogen-bond donors (Lipinski definition) is 1. The Bertz CT molecular complexity index is 549. The van der Waals surface area contributed by atoms with Crippen molar-refractivity contribution in [2.45, 2.75) is 13.0 Å². The van der Waals surface area contributed by atoms with Crippen LogP contribution in [-0.4, -0.2) is 27.2 Å². The quantitative estimate of drug-likeness (QED) is 0.941. The minimum absolute atomic E-state index is 0.547. The molecule has 18 heavy (non-hydrogen) atoms. The van der Waals surface area contributed by atoms with Crippen LogP contribution in [0.4, 0.5) is 0 Å². The number of methoxy groups -OCH3 is 1. The van der Waals surface area contributed by atoms with Gasteiger partial charge in [0, 0.05) is 7.05 Å². The molecular formula is C12H14BrN3O2. The second-order valence-corrected chi connectivity index (χ2v) is 4.77. The number of nitrogens with zero attached hydrogens (tertiary/aromatic N) is 3. The van der Waals surface area contributed by atoms with Crippen LogP contribution in [0.2, 0.25) is 0 Å². The first-order valence-corrected chi connectivity index (χ1v) is 6.21. The highest BCUT2D eigenvalue weighted by molar-refractivity contribution is 9.10. The molecule has 1 aromatic heterocycles. The number of aryl methyl sites for hydroxylation is 2. The Morgan fingerprint density at radius 3 is 2.67 bits per heavy atom. The molecule has 0 radical (unpaired) electrons. The molecule has 0 fully saturated rings. The molecule has 6 heteroatoms. The van der Waals surface area contributed by atoms with Crippen molar-refractivity contribution in [1.29, 1.82) is 0 Å². The van der Waals surface area contributed by atoms with Gasteiger partial charge >= 0.3 is 0 Å². The highest BCUT2D eigenvalue weighted by Crippen LogP contribution is 2.29. The topological polar surface area (TPSA) is 60.2 Å². The minimum Gasteiger partial charge on any atom is -0.496 e. The van der Waals surface area contributed by atoms with Gasteiger partial charge < -0.3 is 9.84 Å². The summed E-state index contributed by atoms with van der Waals surface area (Å²) in [6.45, 7) is 1.94. The maximum Gasteiger partial charge on any atom is 0.154 e. The molecule has 96 valence electrons. The van der Waals surface area contributed by atoms with E-state index in [0.29, 0.717) is 10.3 Å². The second-order valence-electron chi connectivity index (χ2n) is 4.02. The van der Waals surface area contributed by atoms with Gasteiger partial charge in [-0.3, -0.25) is 0 Å². The molecule has 0 bridgehead atoms. The van der Waals surface area contributed by atoms with Gasteiger partial charge in [0.25, 0.3) is 0 Å². The summed E-state index contributed by atoms with van der Waals surface area (Å²) in [4.78, 5) is 0. The van der Waals surface area contributed by atoms with E-state index in [2.05, 4.69) is 26.2 Å². The van der Waals surface area contributed by atoms with Crippen LogP contribution >= 0.6 is 15.9 Å². The van der Waals surface area contributed by atoms with Crippen LogP contribution in [0.25, 0.3) is 0 Å². The van der Waals surface area contributed by atoms with E-state index in [-0.39, 0.29) is 0 Å². The summed E-state index contributed by atoms with van der Waals surface area (Å²) in [5.41, 5.74) is 2.37. The third kappa shape index (κ3) is 2.26. The van der Waals surface area contributed by atoms with Crippen LogP contribution in [0, 0.1) is 6.92 Å². The Balaban J connectivity index is 2.40. The number of aliphatic hydroxyl groups is 1. The van der Waals surface area contributed by atoms with E-state index in [1.54, 1.807) is 18.8 Å². The smallest absolute Gasteiger partial charge is 0.154 e. The molecule has 0 spiro atoms. The summed E-state index contributed by atoms with van der Waals surface area (Å²) in [5.74, 6) is 0.799. The van der Waals surface area contributed by atoms with Gasteiger partial charge in [-0.15, -0.1) is 5.10 Å². The van der Waals surface area contributed by atoms with E-state index in [1.165, 1.54) is 0 Å². The molecule has 0 aliphatic rings. The number of rotatable bonds is 3. The first kappa shape index (κ1) is 13.0. The molecular weight excluding hydrogens is 298 g/mol. The number of aromatic nitrogens is 3. The molecule has 1 heterocycles. The second kappa shape index (κ2) is 5.07. The van der Waals surface area contributed by atoms with Crippen molar-refractivity contribution in [1.82, 2.24) is 15.0 Å². The normalized spacial score (nSPS) is 12.5. The zero-order valence-corrected chi connectivity index (χ0v) is 12.0. The Morgan fingerprint density at radius 1 is 1.44 bits per heavy atom. The maximum atomic E-state index is 10.4. The summed E-state index contributed by atoms with van der Waals surface area (Å²) in [7, 11) is 3.37. The van der Waals surface area contributed by atoms with Crippen molar-refractivity contribution in [2.75, 3.05) is 7.11 Å². The lowest BCUT2D eigenvalue weighted by Gasteiger charge is -2.13. The lowest BCUT2D eigenvalue weighted by molar-refractivity contribution is 0.208. The van der Waals surface area contributed by atoms with Gasteiger partial charge in [0.1, 0.15) is 17.5 Å². The summed E-state index contributed by atoms with van der Waals surface area (Å²) in [6.07, 6.45) is -0.774. The fourth-order valence-electron chi connectivity index (χ4n) is 1.86. The Morgan fingerprint density at radius 2 is 2.17 bits per heavy atom. The molecule has 1 N–H and O–H groups in total. The van der Waals surface area contributed by atoms with E-state index >= 15 is 0 Å². The number of ether oxygens (including phenoxy) is 1. The standard InChI is InChI=1S/C12H14BrN3O2/c1-7-6-8(4-5-9(7)18-3)11(17)10-12(13)14-15-16(10)2/h4-6,11,17H,1-3H3. The molecule has 1 unspecified atom stereocenters. The van der Waals surface area contributed by atoms with Crippen molar-refractivity contribution in [2.24, 2.45) is 7.05 Å². The Labute approximate surface area is 114 Å². The van der Waals surface area contributed by atoms with Crippen molar-refractivity contribution in [3.8, 4) is 5.75 Å². The Kier molecular flexibility index (Phi) is 3.68. The number of halogens is 1. The zero-order valence-electron chi connectivity index (χ0n) is 10.4. The van der Waals surface area contributed by atoms with Gasteiger partial charge in [-0.05, 0) is 46.1 Å². The molecule has 0 saturated carbocycles. The van der Waals surface area contributed by atoms with E-state index in [1.807, 2.05) is 25.1 Å². The molecule has 2 aromatic rings. The lowest BCUT2D eigenvalue weighted by Crippen LogP contribution is -2.07. The predicted molar refractivity (Wildman–Crippen MR) is 70.5 cm³/mol. The molecule has 2 rings (SSSR count). The lowest BCUT2D eigenvalue weighted by atomic mass is 10.0. The number of hydrogen-bond acceptors (Lipinski definition) is 4. The van der Waals surface area contributed by atoms with Crippen LogP contribution in [0.1, 0.15) is 22.9 Å². The number of benzene rings is 1. The van der Waals surface area contributed by atoms with Crippen molar-refractivity contribution in [3.05, 3.63) is 39.6 Å². The maximum absolute atomic E-state index is 10.4. The van der Waals surface area contributed by atoms with Gasteiger partial charge in [-0.2, -0.15) is 0 Å². The van der Waals surface area contributed by atoms with Gasteiger partial charge in [0.2, 0.25) is 0 Å². The number of aliphatic hydroxyl groups excluding tert-OH is 1. The third-order valence-corrected chi connectivity index (χ3v) is 3.39. The summed E-state index contributed by atoms with van der Waals surface area (Å²) >= 11 is 3.28. The van der Waals surface area contributed by atoms with E-state index in [0.717, 1.165) is 16.9 Å². The average molecular weight is 312 g/mol. The van der Waals surface area contributed by atoms with Gasteiger partial charge in [0.15, 0.2) is 4.60 Å². The van der Waals surface area contributed by atoms with Crippen LogP contribution in [0.15, 0.2) is 22.8 Å². The van der Waals surface area contributed by atoms with Crippen molar-refractivity contribution < 1.29 is 9.84 Å². The van der Waals surface area contributed by atoms with E-state index < -0.39 is 6.10 Å². The van der Waals surface area contributed by atoms with Crippen molar-refractivity contribution >= 4 is 15.9 Å². The highest BCUT2D eigenvalue weighted by Gasteiger charge is 2.20. The van der Waals surface area contributed by atoms with E-state index in [9.17, 15) is 5.11 Å². The van der Waals surface area contributed by atoms with Gasteiger partial charge in [0.05, 0.1) is 7.11 Å². The van der Waals surface area contributed by atoms with Crippen LogP contribution in [0.5, 0.6) is 5.75 Å². The third-order valence-electron chi connectivity index (χ3n) is 2.82.